The van der Waals surface area contributed by atoms with Gasteiger partial charge in [-0.15, -0.1) is 0 Å². The second kappa shape index (κ2) is 9.56. The first kappa shape index (κ1) is 22.1. The van der Waals surface area contributed by atoms with Crippen LogP contribution in [0.2, 0.25) is 0 Å². The van der Waals surface area contributed by atoms with Gasteiger partial charge in [0.25, 0.3) is 0 Å². The Labute approximate surface area is 187 Å². The van der Waals surface area contributed by atoms with Crippen molar-refractivity contribution in [3.05, 3.63) is 48.1 Å². The van der Waals surface area contributed by atoms with E-state index in [2.05, 4.69) is 24.0 Å². The number of nitrogens with one attached hydrogen (secondary N) is 2. The van der Waals surface area contributed by atoms with Crippen LogP contribution < -0.4 is 5.01 Å². The van der Waals surface area contributed by atoms with Gasteiger partial charge in [-0.25, -0.2) is 14.4 Å². The van der Waals surface area contributed by atoms with Crippen LogP contribution in [0.15, 0.2) is 46.0 Å². The summed E-state index contributed by atoms with van der Waals surface area (Å²) in [6.45, 7) is 6.64. The van der Waals surface area contributed by atoms with Crippen molar-refractivity contribution in [2.24, 2.45) is 5.22 Å². The molecule has 4 rings (SSSR count). The van der Waals surface area contributed by atoms with Gasteiger partial charge in [-0.3, -0.25) is 5.41 Å². The summed E-state index contributed by atoms with van der Waals surface area (Å²) in [5.74, 6) is 0.638. The zero-order valence-electron chi connectivity index (χ0n) is 18.5. The molecule has 0 bridgehead atoms. The minimum absolute atomic E-state index is 0.313. The highest BCUT2D eigenvalue weighted by molar-refractivity contribution is 5.82. The third-order valence-corrected chi connectivity index (χ3v) is 6.50. The molecule has 0 amide bonds. The molecular formula is C24H29FN6O. The average molecular weight is 437 g/mol. The van der Waals surface area contributed by atoms with Gasteiger partial charge in [0.05, 0.1) is 5.69 Å². The predicted molar refractivity (Wildman–Crippen MR) is 124 cm³/mol. The van der Waals surface area contributed by atoms with Gasteiger partial charge < -0.3 is 9.32 Å². The van der Waals surface area contributed by atoms with Gasteiger partial charge in [0.2, 0.25) is 0 Å². The van der Waals surface area contributed by atoms with E-state index in [1.54, 1.807) is 12.1 Å². The lowest BCUT2D eigenvalue weighted by Crippen LogP contribution is -2.40. The van der Waals surface area contributed by atoms with Gasteiger partial charge in [-0.2, -0.15) is 5.53 Å². The highest BCUT2D eigenvalue weighted by Gasteiger charge is 2.27. The Hall–Kier alpha value is -3.13. The molecule has 168 valence electrons. The first-order chi connectivity index (χ1) is 15.6. The predicted octanol–water partition coefficient (Wildman–Crippen LogP) is 6.36. The smallest absolute Gasteiger partial charge is 0.198 e. The maximum absolute atomic E-state index is 14.8. The molecule has 0 spiro atoms. The second-order valence-electron chi connectivity index (χ2n) is 8.25. The van der Waals surface area contributed by atoms with Crippen LogP contribution in [0, 0.1) is 16.8 Å². The third kappa shape index (κ3) is 4.27. The molecule has 32 heavy (non-hydrogen) atoms. The van der Waals surface area contributed by atoms with Crippen molar-refractivity contribution in [1.29, 1.82) is 10.9 Å². The molecule has 1 aromatic heterocycles. The minimum atomic E-state index is -0.449. The van der Waals surface area contributed by atoms with E-state index < -0.39 is 5.82 Å². The van der Waals surface area contributed by atoms with Crippen molar-refractivity contribution in [2.75, 3.05) is 18.1 Å². The Balaban J connectivity index is 1.54. The zero-order valence-corrected chi connectivity index (χ0v) is 18.5. The Kier molecular flexibility index (Phi) is 6.60. The second-order valence-corrected chi connectivity index (χ2v) is 8.25. The van der Waals surface area contributed by atoms with E-state index >= 15 is 0 Å². The lowest BCUT2D eigenvalue weighted by Gasteiger charge is -2.36. The van der Waals surface area contributed by atoms with Crippen molar-refractivity contribution in [3.63, 3.8) is 0 Å². The maximum atomic E-state index is 14.8. The van der Waals surface area contributed by atoms with E-state index in [0.717, 1.165) is 48.7 Å². The van der Waals surface area contributed by atoms with E-state index in [9.17, 15) is 4.39 Å². The van der Waals surface area contributed by atoms with Crippen LogP contribution in [0.5, 0.6) is 0 Å². The summed E-state index contributed by atoms with van der Waals surface area (Å²) in [6.07, 6.45) is 5.30. The summed E-state index contributed by atoms with van der Waals surface area (Å²) in [5, 5.41) is 11.4. The molecule has 0 radical (unpaired) electrons. The highest BCUT2D eigenvalue weighted by atomic mass is 19.1. The number of piperidine rings is 1. The normalized spacial score (nSPS) is 15.4. The zero-order chi connectivity index (χ0) is 22.7. The quantitative estimate of drug-likeness (QED) is 0.186. The van der Waals surface area contributed by atoms with Crippen LogP contribution >= 0.6 is 0 Å². The summed E-state index contributed by atoms with van der Waals surface area (Å²) < 4.78 is 20.8. The fourth-order valence-corrected chi connectivity index (χ4v) is 4.65. The average Bonchev–Trinajstić information content (AvgIpc) is 3.25. The largest absolute Gasteiger partial charge is 0.440 e. The molecular weight excluding hydrogens is 407 g/mol. The number of likely N-dealkylation sites (tertiary alicyclic amines) is 1. The number of hydrogen-bond donors (Lipinski definition) is 2. The number of anilines is 1. The first-order valence-corrected chi connectivity index (χ1v) is 11.2. The number of oxazole rings is 1. The molecule has 0 unspecified atom stereocenters. The maximum Gasteiger partial charge on any atom is 0.198 e. The van der Waals surface area contributed by atoms with Crippen LogP contribution in [0.4, 0.5) is 10.1 Å². The topological polar surface area (TPSA) is 92.6 Å². The molecule has 7 nitrogen and oxygen atoms in total. The molecule has 2 aromatic carbocycles. The molecule has 0 aliphatic carbocycles. The molecule has 2 N–H and O–H groups in total. The summed E-state index contributed by atoms with van der Waals surface area (Å²) in [6, 6.07) is 10.7. The van der Waals surface area contributed by atoms with Gasteiger partial charge >= 0.3 is 0 Å². The number of fused-ring (bicyclic) bond motifs is 1. The van der Waals surface area contributed by atoms with Crippen LogP contribution in [0.1, 0.15) is 51.3 Å². The molecule has 8 heteroatoms. The SMILES string of the molecule is CCC(CC)N1CCC(c2nc3cc(-c4ccc(N(C=N)N=N)cc4F)ccc3o2)CC1. The van der Waals surface area contributed by atoms with E-state index in [0.29, 0.717) is 34.4 Å². The summed E-state index contributed by atoms with van der Waals surface area (Å²) in [4.78, 5) is 7.33. The molecule has 1 aliphatic rings. The van der Waals surface area contributed by atoms with Crippen LogP contribution in [-0.4, -0.2) is 35.4 Å². The number of nitrogens with zero attached hydrogens (tertiary/aromatic N) is 4. The Morgan fingerprint density at radius 1 is 1.22 bits per heavy atom. The van der Waals surface area contributed by atoms with Crippen molar-refractivity contribution >= 4 is 23.1 Å². The molecule has 1 fully saturated rings. The molecule has 3 aromatic rings. The van der Waals surface area contributed by atoms with Crippen molar-refractivity contribution in [2.45, 2.75) is 51.5 Å². The van der Waals surface area contributed by atoms with E-state index in [-0.39, 0.29) is 0 Å². The molecule has 1 saturated heterocycles. The van der Waals surface area contributed by atoms with Crippen LogP contribution in [-0.2, 0) is 0 Å². The third-order valence-electron chi connectivity index (χ3n) is 6.50. The fraction of sp³-hybridized carbons (Fsp3) is 0.417. The van der Waals surface area contributed by atoms with E-state index in [4.69, 9.17) is 20.3 Å². The molecule has 0 saturated carbocycles. The van der Waals surface area contributed by atoms with Crippen LogP contribution in [0.3, 0.4) is 0 Å². The standard InChI is InChI=1S/C24H29FN6O/c1-3-18(4-2)30-11-9-16(10-12-30)24-28-22-13-17(5-8-23(22)32-24)20-7-6-19(14-21(20)25)31(15-26)29-27/h5-8,13-16,18,26-27H,3-4,9-12H2,1-2H3. The van der Waals surface area contributed by atoms with Crippen molar-refractivity contribution < 1.29 is 8.81 Å². The van der Waals surface area contributed by atoms with Gasteiger partial charge in [0.15, 0.2) is 11.5 Å². The van der Waals surface area contributed by atoms with Crippen molar-refractivity contribution in [1.82, 2.24) is 9.88 Å². The van der Waals surface area contributed by atoms with Gasteiger partial charge in [0.1, 0.15) is 17.7 Å². The molecule has 0 atom stereocenters. The Morgan fingerprint density at radius 3 is 2.59 bits per heavy atom. The Bertz CT molecular complexity index is 1090. The molecule has 1 aliphatic heterocycles. The van der Waals surface area contributed by atoms with E-state index in [1.165, 1.54) is 18.9 Å². The Morgan fingerprint density at radius 2 is 1.97 bits per heavy atom. The number of rotatable bonds is 8. The lowest BCUT2D eigenvalue weighted by molar-refractivity contribution is 0.138. The number of aromatic nitrogens is 1. The van der Waals surface area contributed by atoms with Crippen molar-refractivity contribution in [3.8, 4) is 11.1 Å². The van der Waals surface area contributed by atoms with Gasteiger partial charge in [-0.05, 0) is 68.6 Å². The first-order valence-electron chi connectivity index (χ1n) is 11.2. The lowest BCUT2D eigenvalue weighted by atomic mass is 9.95. The number of hydrogen-bond acceptors (Lipinski definition) is 6. The summed E-state index contributed by atoms with van der Waals surface area (Å²) in [5.41, 5.74) is 9.96. The van der Waals surface area contributed by atoms with Gasteiger partial charge in [0, 0.05) is 23.6 Å². The monoisotopic (exact) mass is 436 g/mol. The van der Waals surface area contributed by atoms with Gasteiger partial charge in [-0.1, -0.05) is 25.1 Å². The van der Waals surface area contributed by atoms with Crippen LogP contribution in [0.25, 0.3) is 22.2 Å². The molecule has 2 heterocycles. The fourth-order valence-electron chi connectivity index (χ4n) is 4.65. The minimum Gasteiger partial charge on any atom is -0.440 e. The van der Waals surface area contributed by atoms with E-state index in [1.807, 2.05) is 18.2 Å². The summed E-state index contributed by atoms with van der Waals surface area (Å²) >= 11 is 0. The number of halogens is 1. The highest BCUT2D eigenvalue weighted by Crippen LogP contribution is 2.34. The summed E-state index contributed by atoms with van der Waals surface area (Å²) in [7, 11) is 0. The number of benzene rings is 2.